The van der Waals surface area contributed by atoms with Gasteiger partial charge in [-0.2, -0.15) is 5.10 Å². The first-order valence-corrected chi connectivity index (χ1v) is 8.20. The number of aromatic nitrogens is 2. The highest BCUT2D eigenvalue weighted by molar-refractivity contribution is 5.96. The standard InChI is InChI=1S/C17H21N5O3/c1-13-5-3-4-6-14(13)12-20-7-9-21(10-8-20)17(23)16-15(22(24)25)11-18-19(16)2/h3-6,11H,7-10,12H2,1-2H3. The fourth-order valence-corrected chi connectivity index (χ4v) is 3.09. The van der Waals surface area contributed by atoms with Gasteiger partial charge in [0.1, 0.15) is 6.20 Å². The number of benzene rings is 1. The van der Waals surface area contributed by atoms with Crippen molar-refractivity contribution in [2.75, 3.05) is 26.2 Å². The molecule has 1 aromatic heterocycles. The molecule has 1 saturated heterocycles. The molecule has 0 saturated carbocycles. The number of amides is 1. The summed E-state index contributed by atoms with van der Waals surface area (Å²) in [5.41, 5.74) is 2.34. The van der Waals surface area contributed by atoms with Crippen molar-refractivity contribution in [3.8, 4) is 0 Å². The van der Waals surface area contributed by atoms with Gasteiger partial charge in [-0.3, -0.25) is 24.5 Å². The maximum atomic E-state index is 12.7. The molecule has 0 radical (unpaired) electrons. The quantitative estimate of drug-likeness (QED) is 0.622. The number of carbonyl (C=O) groups excluding carboxylic acids is 1. The highest BCUT2D eigenvalue weighted by Gasteiger charge is 2.31. The van der Waals surface area contributed by atoms with Crippen molar-refractivity contribution >= 4 is 11.6 Å². The van der Waals surface area contributed by atoms with Gasteiger partial charge in [-0.05, 0) is 18.1 Å². The molecule has 0 spiro atoms. The van der Waals surface area contributed by atoms with E-state index in [1.54, 1.807) is 11.9 Å². The van der Waals surface area contributed by atoms with Gasteiger partial charge in [0, 0.05) is 39.8 Å². The number of hydrogen-bond donors (Lipinski definition) is 0. The van der Waals surface area contributed by atoms with E-state index in [9.17, 15) is 14.9 Å². The van der Waals surface area contributed by atoms with Gasteiger partial charge in [0.15, 0.2) is 0 Å². The molecule has 132 valence electrons. The number of nitrogens with zero attached hydrogens (tertiary/aromatic N) is 5. The molecule has 1 aliphatic rings. The largest absolute Gasteiger partial charge is 0.335 e. The van der Waals surface area contributed by atoms with Crippen LogP contribution in [0.25, 0.3) is 0 Å². The van der Waals surface area contributed by atoms with Gasteiger partial charge in [-0.1, -0.05) is 24.3 Å². The molecular formula is C17H21N5O3. The fourth-order valence-electron chi connectivity index (χ4n) is 3.09. The number of nitro groups is 1. The van der Waals surface area contributed by atoms with Crippen LogP contribution < -0.4 is 0 Å². The first kappa shape index (κ1) is 17.1. The summed E-state index contributed by atoms with van der Waals surface area (Å²) in [6, 6.07) is 8.27. The Morgan fingerprint density at radius 3 is 2.56 bits per heavy atom. The maximum Gasteiger partial charge on any atom is 0.320 e. The highest BCUT2D eigenvalue weighted by atomic mass is 16.6. The topological polar surface area (TPSA) is 84.5 Å². The highest BCUT2D eigenvalue weighted by Crippen LogP contribution is 2.20. The van der Waals surface area contributed by atoms with Crippen molar-refractivity contribution in [2.45, 2.75) is 13.5 Å². The average Bonchev–Trinajstić information content (AvgIpc) is 2.99. The van der Waals surface area contributed by atoms with E-state index in [4.69, 9.17) is 0 Å². The molecule has 1 aliphatic heterocycles. The molecule has 8 heteroatoms. The molecule has 1 fully saturated rings. The minimum absolute atomic E-state index is 0.0392. The van der Waals surface area contributed by atoms with E-state index in [1.165, 1.54) is 15.8 Å². The van der Waals surface area contributed by atoms with Crippen LogP contribution in [0.2, 0.25) is 0 Å². The Bertz CT molecular complexity index is 793. The van der Waals surface area contributed by atoms with Gasteiger partial charge in [-0.25, -0.2) is 0 Å². The number of carbonyl (C=O) groups is 1. The third kappa shape index (κ3) is 3.53. The number of aryl methyl sites for hydroxylation is 2. The molecule has 1 amide bonds. The van der Waals surface area contributed by atoms with Crippen LogP contribution in [0.5, 0.6) is 0 Å². The Labute approximate surface area is 145 Å². The number of rotatable bonds is 4. The van der Waals surface area contributed by atoms with Gasteiger partial charge < -0.3 is 4.90 Å². The summed E-state index contributed by atoms with van der Waals surface area (Å²) in [5.74, 6) is -0.331. The minimum atomic E-state index is -0.561. The van der Waals surface area contributed by atoms with Crippen LogP contribution in [-0.4, -0.2) is 56.6 Å². The van der Waals surface area contributed by atoms with Crippen molar-refractivity contribution in [2.24, 2.45) is 7.05 Å². The van der Waals surface area contributed by atoms with E-state index < -0.39 is 4.92 Å². The zero-order valence-corrected chi connectivity index (χ0v) is 14.4. The molecule has 3 rings (SSSR count). The van der Waals surface area contributed by atoms with E-state index >= 15 is 0 Å². The summed E-state index contributed by atoms with van der Waals surface area (Å²) in [7, 11) is 1.55. The number of hydrogen-bond acceptors (Lipinski definition) is 5. The summed E-state index contributed by atoms with van der Waals surface area (Å²) < 4.78 is 1.28. The first-order valence-electron chi connectivity index (χ1n) is 8.20. The normalized spacial score (nSPS) is 15.4. The van der Waals surface area contributed by atoms with Gasteiger partial charge in [0.25, 0.3) is 5.91 Å². The van der Waals surface area contributed by atoms with Crippen LogP contribution in [0.3, 0.4) is 0 Å². The van der Waals surface area contributed by atoms with E-state index in [0.29, 0.717) is 13.1 Å². The van der Waals surface area contributed by atoms with Crippen LogP contribution in [0.15, 0.2) is 30.5 Å². The molecule has 0 aliphatic carbocycles. The second-order valence-corrected chi connectivity index (χ2v) is 6.25. The Balaban J connectivity index is 1.65. The molecule has 2 aromatic rings. The molecule has 25 heavy (non-hydrogen) atoms. The summed E-state index contributed by atoms with van der Waals surface area (Å²) >= 11 is 0. The molecular weight excluding hydrogens is 322 g/mol. The van der Waals surface area contributed by atoms with Crippen molar-refractivity contribution in [3.05, 3.63) is 57.4 Å². The molecule has 1 aromatic carbocycles. The SMILES string of the molecule is Cc1ccccc1CN1CCN(C(=O)c2c([N+](=O)[O-])cnn2C)CC1. The first-order chi connectivity index (χ1) is 12.0. The third-order valence-corrected chi connectivity index (χ3v) is 4.63. The predicted molar refractivity (Wildman–Crippen MR) is 92.2 cm³/mol. The van der Waals surface area contributed by atoms with Crippen LogP contribution >= 0.6 is 0 Å². The van der Waals surface area contributed by atoms with Crippen molar-refractivity contribution in [1.29, 1.82) is 0 Å². The van der Waals surface area contributed by atoms with Crippen LogP contribution in [0.1, 0.15) is 21.6 Å². The van der Waals surface area contributed by atoms with E-state index in [-0.39, 0.29) is 17.3 Å². The lowest BCUT2D eigenvalue weighted by atomic mass is 10.1. The maximum absolute atomic E-state index is 12.7. The van der Waals surface area contributed by atoms with Crippen LogP contribution in [-0.2, 0) is 13.6 Å². The van der Waals surface area contributed by atoms with Crippen molar-refractivity contribution in [3.63, 3.8) is 0 Å². The summed E-state index contributed by atoms with van der Waals surface area (Å²) in [4.78, 5) is 27.2. The van der Waals surface area contributed by atoms with E-state index in [0.717, 1.165) is 25.8 Å². The summed E-state index contributed by atoms with van der Waals surface area (Å²) in [6.45, 7) is 5.52. The lowest BCUT2D eigenvalue weighted by Crippen LogP contribution is -2.48. The predicted octanol–water partition coefficient (Wildman–Crippen LogP) is 1.59. The van der Waals surface area contributed by atoms with Crippen LogP contribution in [0.4, 0.5) is 5.69 Å². The molecule has 0 bridgehead atoms. The van der Waals surface area contributed by atoms with Gasteiger partial charge >= 0.3 is 5.69 Å². The lowest BCUT2D eigenvalue weighted by molar-refractivity contribution is -0.385. The molecule has 0 unspecified atom stereocenters. The lowest BCUT2D eigenvalue weighted by Gasteiger charge is -2.34. The smallest absolute Gasteiger partial charge is 0.320 e. The van der Waals surface area contributed by atoms with Gasteiger partial charge in [0.2, 0.25) is 5.69 Å². The molecule has 0 atom stereocenters. The molecule has 8 nitrogen and oxygen atoms in total. The minimum Gasteiger partial charge on any atom is -0.335 e. The Morgan fingerprint density at radius 1 is 1.24 bits per heavy atom. The Kier molecular flexibility index (Phi) is 4.80. The zero-order chi connectivity index (χ0) is 18.0. The van der Waals surface area contributed by atoms with Gasteiger partial charge in [-0.15, -0.1) is 0 Å². The van der Waals surface area contributed by atoms with Crippen LogP contribution in [0, 0.1) is 17.0 Å². The molecule has 0 N–H and O–H groups in total. The summed E-state index contributed by atoms with van der Waals surface area (Å²) in [6.07, 6.45) is 1.13. The van der Waals surface area contributed by atoms with Crippen molar-refractivity contribution in [1.82, 2.24) is 19.6 Å². The second-order valence-electron chi connectivity index (χ2n) is 6.25. The monoisotopic (exact) mass is 343 g/mol. The van der Waals surface area contributed by atoms with E-state index in [1.807, 2.05) is 12.1 Å². The Hall–Kier alpha value is -2.74. The molecule has 2 heterocycles. The second kappa shape index (κ2) is 7.02. The fraction of sp³-hybridized carbons (Fsp3) is 0.412. The van der Waals surface area contributed by atoms with Crippen molar-refractivity contribution < 1.29 is 9.72 Å². The zero-order valence-electron chi connectivity index (χ0n) is 14.4. The third-order valence-electron chi connectivity index (χ3n) is 4.63. The number of piperazine rings is 1. The average molecular weight is 343 g/mol. The van der Waals surface area contributed by atoms with E-state index in [2.05, 4.69) is 29.1 Å². The summed E-state index contributed by atoms with van der Waals surface area (Å²) in [5, 5.41) is 14.9. The Morgan fingerprint density at radius 2 is 1.92 bits per heavy atom. The van der Waals surface area contributed by atoms with Gasteiger partial charge in [0.05, 0.1) is 4.92 Å².